The van der Waals surface area contributed by atoms with E-state index in [0.717, 1.165) is 25.0 Å². The standard InChI is InChI=1S/C19H21F2NO3/c1-2-3-4-5-6-13-24-15-9-7-14(8-10-15)19(23)25-16-11-12-17(20)22-18(16)21/h7-12H,2-6,13H2,1H3. The van der Waals surface area contributed by atoms with Gasteiger partial charge in [-0.1, -0.05) is 32.6 Å². The molecule has 0 saturated heterocycles. The summed E-state index contributed by atoms with van der Waals surface area (Å²) in [7, 11) is 0. The predicted octanol–water partition coefficient (Wildman–Crippen LogP) is 4.93. The fourth-order valence-corrected chi connectivity index (χ4v) is 2.22. The van der Waals surface area contributed by atoms with Gasteiger partial charge in [0.15, 0.2) is 5.75 Å². The number of esters is 1. The van der Waals surface area contributed by atoms with Crippen molar-refractivity contribution in [2.24, 2.45) is 0 Å². The van der Waals surface area contributed by atoms with Crippen molar-refractivity contribution >= 4 is 5.97 Å². The van der Waals surface area contributed by atoms with Crippen LogP contribution in [0.3, 0.4) is 0 Å². The molecule has 0 fully saturated rings. The Kier molecular flexibility index (Phi) is 7.32. The summed E-state index contributed by atoms with van der Waals surface area (Å²) in [5.41, 5.74) is 0.235. The molecule has 0 aliphatic rings. The number of halogens is 2. The van der Waals surface area contributed by atoms with E-state index in [1.165, 1.54) is 31.4 Å². The molecular formula is C19H21F2NO3. The van der Waals surface area contributed by atoms with E-state index in [9.17, 15) is 13.6 Å². The molecular weight excluding hydrogens is 328 g/mol. The largest absolute Gasteiger partial charge is 0.494 e. The molecule has 0 aliphatic carbocycles. The Hall–Kier alpha value is -2.50. The van der Waals surface area contributed by atoms with Crippen LogP contribution in [0.5, 0.6) is 11.5 Å². The normalized spacial score (nSPS) is 10.5. The molecule has 2 aromatic rings. The van der Waals surface area contributed by atoms with E-state index < -0.39 is 23.6 Å². The van der Waals surface area contributed by atoms with Gasteiger partial charge in [0, 0.05) is 0 Å². The lowest BCUT2D eigenvalue weighted by Gasteiger charge is -2.08. The molecule has 134 valence electrons. The van der Waals surface area contributed by atoms with Gasteiger partial charge in [-0.05, 0) is 42.8 Å². The Labute approximate surface area is 145 Å². The first-order chi connectivity index (χ1) is 12.1. The van der Waals surface area contributed by atoms with E-state index in [2.05, 4.69) is 11.9 Å². The first-order valence-electron chi connectivity index (χ1n) is 8.37. The van der Waals surface area contributed by atoms with Crippen molar-refractivity contribution in [2.45, 2.75) is 39.0 Å². The second-order valence-electron chi connectivity index (χ2n) is 5.60. The van der Waals surface area contributed by atoms with Gasteiger partial charge in [-0.25, -0.2) is 4.79 Å². The van der Waals surface area contributed by atoms with Crippen LogP contribution in [-0.2, 0) is 0 Å². The van der Waals surface area contributed by atoms with Gasteiger partial charge in [0.25, 0.3) is 5.95 Å². The molecule has 2 rings (SSSR count). The Morgan fingerprint density at radius 2 is 1.72 bits per heavy atom. The Bertz CT molecular complexity index is 690. The van der Waals surface area contributed by atoms with Gasteiger partial charge >= 0.3 is 5.97 Å². The van der Waals surface area contributed by atoms with Crippen LogP contribution in [0.25, 0.3) is 0 Å². The number of hydrogen-bond acceptors (Lipinski definition) is 4. The number of benzene rings is 1. The lowest BCUT2D eigenvalue weighted by molar-refractivity contribution is 0.0725. The molecule has 25 heavy (non-hydrogen) atoms. The second-order valence-corrected chi connectivity index (χ2v) is 5.60. The van der Waals surface area contributed by atoms with Crippen LogP contribution in [0.2, 0.25) is 0 Å². The van der Waals surface area contributed by atoms with Gasteiger partial charge in [-0.3, -0.25) is 0 Å². The quantitative estimate of drug-likeness (QED) is 0.366. The van der Waals surface area contributed by atoms with Crippen molar-refractivity contribution in [3.05, 3.63) is 53.9 Å². The number of carbonyl (C=O) groups excluding carboxylic acids is 1. The number of ether oxygens (including phenoxy) is 2. The van der Waals surface area contributed by atoms with Gasteiger partial charge in [0.05, 0.1) is 12.2 Å². The van der Waals surface area contributed by atoms with Crippen molar-refractivity contribution in [2.75, 3.05) is 6.61 Å². The first-order valence-corrected chi connectivity index (χ1v) is 8.37. The minimum atomic E-state index is -1.17. The van der Waals surface area contributed by atoms with Crippen LogP contribution in [0, 0.1) is 11.9 Å². The molecule has 0 saturated carbocycles. The van der Waals surface area contributed by atoms with Crippen molar-refractivity contribution in [3.8, 4) is 11.5 Å². The van der Waals surface area contributed by atoms with Gasteiger partial charge in [0.1, 0.15) is 5.75 Å². The maximum atomic E-state index is 13.4. The zero-order valence-electron chi connectivity index (χ0n) is 14.1. The number of carbonyl (C=O) groups is 1. The lowest BCUT2D eigenvalue weighted by atomic mass is 10.2. The van der Waals surface area contributed by atoms with Crippen LogP contribution >= 0.6 is 0 Å². The zero-order valence-corrected chi connectivity index (χ0v) is 14.1. The summed E-state index contributed by atoms with van der Waals surface area (Å²) in [6.45, 7) is 2.80. The molecule has 6 heteroatoms. The third-order valence-corrected chi connectivity index (χ3v) is 3.59. The molecule has 1 aromatic heterocycles. The minimum absolute atomic E-state index is 0.235. The van der Waals surface area contributed by atoms with E-state index in [4.69, 9.17) is 9.47 Å². The molecule has 1 heterocycles. The molecule has 1 aromatic carbocycles. The van der Waals surface area contributed by atoms with Gasteiger partial charge in [0.2, 0.25) is 5.95 Å². The monoisotopic (exact) mass is 349 g/mol. The molecule has 0 unspecified atom stereocenters. The average molecular weight is 349 g/mol. The second kappa shape index (κ2) is 9.71. The maximum Gasteiger partial charge on any atom is 0.343 e. The summed E-state index contributed by atoms with van der Waals surface area (Å²) < 4.78 is 36.6. The number of rotatable bonds is 9. The highest BCUT2D eigenvalue weighted by Crippen LogP contribution is 2.18. The fraction of sp³-hybridized carbons (Fsp3) is 0.368. The van der Waals surface area contributed by atoms with E-state index in [1.54, 1.807) is 12.1 Å². The lowest BCUT2D eigenvalue weighted by Crippen LogP contribution is -2.10. The SMILES string of the molecule is CCCCCCCOc1ccc(C(=O)Oc2ccc(F)nc2F)cc1. The zero-order chi connectivity index (χ0) is 18.1. The number of nitrogens with zero attached hydrogens (tertiary/aromatic N) is 1. The first kappa shape index (κ1) is 18.8. The molecule has 0 atom stereocenters. The number of pyridine rings is 1. The van der Waals surface area contributed by atoms with Crippen LogP contribution in [0.15, 0.2) is 36.4 Å². The predicted molar refractivity (Wildman–Crippen MR) is 89.8 cm³/mol. The van der Waals surface area contributed by atoms with Crippen molar-refractivity contribution in [1.29, 1.82) is 0 Å². The van der Waals surface area contributed by atoms with E-state index in [1.807, 2.05) is 0 Å². The average Bonchev–Trinajstić information content (AvgIpc) is 2.61. The van der Waals surface area contributed by atoms with Crippen LogP contribution in [0.4, 0.5) is 8.78 Å². The van der Waals surface area contributed by atoms with E-state index >= 15 is 0 Å². The van der Waals surface area contributed by atoms with Crippen LogP contribution in [-0.4, -0.2) is 17.6 Å². The van der Waals surface area contributed by atoms with Crippen molar-refractivity contribution in [1.82, 2.24) is 4.98 Å². The summed E-state index contributed by atoms with van der Waals surface area (Å²) in [6.07, 6.45) is 5.77. The molecule has 0 aliphatic heterocycles. The number of hydrogen-bond donors (Lipinski definition) is 0. The van der Waals surface area contributed by atoms with Crippen molar-refractivity contribution < 1.29 is 23.0 Å². The fourth-order valence-electron chi connectivity index (χ4n) is 2.22. The van der Waals surface area contributed by atoms with Crippen molar-refractivity contribution in [3.63, 3.8) is 0 Å². The Morgan fingerprint density at radius 1 is 1.00 bits per heavy atom. The summed E-state index contributed by atoms with van der Waals surface area (Å²) in [6, 6.07) is 8.31. The number of aromatic nitrogens is 1. The van der Waals surface area contributed by atoms with Crippen LogP contribution in [0.1, 0.15) is 49.4 Å². The molecule has 0 N–H and O–H groups in total. The van der Waals surface area contributed by atoms with Gasteiger partial charge in [-0.2, -0.15) is 13.8 Å². The molecule has 0 spiro atoms. The minimum Gasteiger partial charge on any atom is -0.494 e. The highest BCUT2D eigenvalue weighted by molar-refractivity contribution is 5.91. The molecule has 0 bridgehead atoms. The smallest absolute Gasteiger partial charge is 0.343 e. The summed E-state index contributed by atoms with van der Waals surface area (Å²) in [5.74, 6) is -2.66. The molecule has 0 radical (unpaired) electrons. The summed E-state index contributed by atoms with van der Waals surface area (Å²) >= 11 is 0. The summed E-state index contributed by atoms with van der Waals surface area (Å²) in [4.78, 5) is 14.9. The maximum absolute atomic E-state index is 13.4. The van der Waals surface area contributed by atoms with Gasteiger partial charge in [-0.15, -0.1) is 0 Å². The highest BCUT2D eigenvalue weighted by atomic mass is 19.1. The van der Waals surface area contributed by atoms with Gasteiger partial charge < -0.3 is 9.47 Å². The van der Waals surface area contributed by atoms with Crippen LogP contribution < -0.4 is 9.47 Å². The molecule has 0 amide bonds. The third-order valence-electron chi connectivity index (χ3n) is 3.59. The number of unbranched alkanes of at least 4 members (excludes halogenated alkanes) is 4. The highest BCUT2D eigenvalue weighted by Gasteiger charge is 2.13. The Balaban J connectivity index is 1.83. The summed E-state index contributed by atoms with van der Waals surface area (Å²) in [5, 5.41) is 0. The third kappa shape index (κ3) is 6.14. The molecule has 4 nitrogen and oxygen atoms in total. The Morgan fingerprint density at radius 3 is 2.40 bits per heavy atom. The van der Waals surface area contributed by atoms with E-state index in [0.29, 0.717) is 12.4 Å². The topological polar surface area (TPSA) is 48.4 Å². The van der Waals surface area contributed by atoms with E-state index in [-0.39, 0.29) is 5.56 Å².